The SMILES string of the molecule is CCC(C)CN(C)C1(CN)CCc2cc(Br)ccc2C1. The Morgan fingerprint density at radius 3 is 2.80 bits per heavy atom. The summed E-state index contributed by atoms with van der Waals surface area (Å²) in [5, 5.41) is 0. The van der Waals surface area contributed by atoms with Gasteiger partial charge < -0.3 is 5.73 Å². The van der Waals surface area contributed by atoms with Gasteiger partial charge in [-0.1, -0.05) is 42.3 Å². The van der Waals surface area contributed by atoms with Gasteiger partial charge in [-0.2, -0.15) is 0 Å². The van der Waals surface area contributed by atoms with Crippen LogP contribution < -0.4 is 5.73 Å². The lowest BCUT2D eigenvalue weighted by molar-refractivity contribution is 0.0923. The van der Waals surface area contributed by atoms with Crippen molar-refractivity contribution in [2.45, 2.75) is 45.1 Å². The molecule has 0 aromatic heterocycles. The van der Waals surface area contributed by atoms with Crippen molar-refractivity contribution in [3.8, 4) is 0 Å². The van der Waals surface area contributed by atoms with E-state index < -0.39 is 0 Å². The molecule has 2 atom stereocenters. The first-order valence-corrected chi connectivity index (χ1v) is 8.48. The van der Waals surface area contributed by atoms with Crippen LogP contribution in [0.3, 0.4) is 0 Å². The number of hydrogen-bond acceptors (Lipinski definition) is 2. The summed E-state index contributed by atoms with van der Waals surface area (Å²) in [6.07, 6.45) is 4.62. The fourth-order valence-corrected chi connectivity index (χ4v) is 3.66. The van der Waals surface area contributed by atoms with Crippen molar-refractivity contribution in [1.29, 1.82) is 0 Å². The number of fused-ring (bicyclic) bond motifs is 1. The zero-order valence-corrected chi connectivity index (χ0v) is 14.5. The van der Waals surface area contributed by atoms with E-state index in [1.54, 1.807) is 0 Å². The highest BCUT2D eigenvalue weighted by Gasteiger charge is 2.37. The van der Waals surface area contributed by atoms with Crippen LogP contribution >= 0.6 is 15.9 Å². The maximum absolute atomic E-state index is 6.19. The molecule has 0 fully saturated rings. The van der Waals surface area contributed by atoms with Gasteiger partial charge in [-0.05, 0) is 55.5 Å². The molecule has 3 heteroatoms. The number of halogens is 1. The molecule has 112 valence electrons. The Hall–Kier alpha value is -0.380. The van der Waals surface area contributed by atoms with Crippen molar-refractivity contribution >= 4 is 15.9 Å². The van der Waals surface area contributed by atoms with Gasteiger partial charge >= 0.3 is 0 Å². The van der Waals surface area contributed by atoms with E-state index in [1.165, 1.54) is 28.4 Å². The molecule has 0 bridgehead atoms. The number of likely N-dealkylation sites (N-methyl/N-ethyl adjacent to an activating group) is 1. The van der Waals surface area contributed by atoms with Gasteiger partial charge in [0, 0.05) is 23.1 Å². The number of rotatable bonds is 5. The van der Waals surface area contributed by atoms with Gasteiger partial charge in [-0.15, -0.1) is 0 Å². The highest BCUT2D eigenvalue weighted by Crippen LogP contribution is 2.34. The first-order valence-electron chi connectivity index (χ1n) is 7.69. The van der Waals surface area contributed by atoms with E-state index in [-0.39, 0.29) is 5.54 Å². The smallest absolute Gasteiger partial charge is 0.0372 e. The van der Waals surface area contributed by atoms with E-state index >= 15 is 0 Å². The maximum Gasteiger partial charge on any atom is 0.0372 e. The van der Waals surface area contributed by atoms with Crippen LogP contribution in [0.4, 0.5) is 0 Å². The highest BCUT2D eigenvalue weighted by molar-refractivity contribution is 9.10. The van der Waals surface area contributed by atoms with Crippen LogP contribution in [0.1, 0.15) is 37.8 Å². The molecule has 1 aromatic carbocycles. The molecule has 1 aliphatic carbocycles. The standard InChI is InChI=1S/C17H27BrN2/c1-4-13(2)11-20(3)17(12-19)8-7-14-9-16(18)6-5-15(14)10-17/h5-6,9,13H,4,7-8,10-12,19H2,1-3H3. The summed E-state index contributed by atoms with van der Waals surface area (Å²) in [7, 11) is 2.25. The summed E-state index contributed by atoms with van der Waals surface area (Å²) in [6, 6.07) is 6.69. The Bertz CT molecular complexity index is 460. The molecule has 0 amide bonds. The average Bonchev–Trinajstić information content (AvgIpc) is 2.46. The molecule has 0 spiro atoms. The van der Waals surface area contributed by atoms with Gasteiger partial charge in [-0.25, -0.2) is 0 Å². The van der Waals surface area contributed by atoms with Crippen LogP contribution in [0.15, 0.2) is 22.7 Å². The highest BCUT2D eigenvalue weighted by atomic mass is 79.9. The normalized spacial score (nSPS) is 23.7. The minimum absolute atomic E-state index is 0.143. The largest absolute Gasteiger partial charge is 0.329 e. The first-order chi connectivity index (χ1) is 9.50. The zero-order valence-electron chi connectivity index (χ0n) is 13.0. The molecule has 2 rings (SSSR count). The van der Waals surface area contributed by atoms with E-state index in [9.17, 15) is 0 Å². The Morgan fingerprint density at radius 1 is 1.40 bits per heavy atom. The predicted molar refractivity (Wildman–Crippen MR) is 90.0 cm³/mol. The van der Waals surface area contributed by atoms with E-state index in [1.807, 2.05) is 0 Å². The number of nitrogens with two attached hydrogens (primary N) is 1. The van der Waals surface area contributed by atoms with Gasteiger partial charge in [0.15, 0.2) is 0 Å². The molecule has 0 heterocycles. The number of benzene rings is 1. The topological polar surface area (TPSA) is 29.3 Å². The first kappa shape index (κ1) is 16.0. The summed E-state index contributed by atoms with van der Waals surface area (Å²) in [4.78, 5) is 2.52. The van der Waals surface area contributed by atoms with E-state index in [4.69, 9.17) is 5.73 Å². The second-order valence-electron chi connectivity index (χ2n) is 6.41. The third-order valence-corrected chi connectivity index (χ3v) is 5.51. The van der Waals surface area contributed by atoms with Crippen molar-refractivity contribution in [2.75, 3.05) is 20.1 Å². The van der Waals surface area contributed by atoms with Crippen LogP contribution in [-0.4, -0.2) is 30.6 Å². The third kappa shape index (κ3) is 3.26. The van der Waals surface area contributed by atoms with E-state index in [2.05, 4.69) is 59.9 Å². The van der Waals surface area contributed by atoms with Crippen molar-refractivity contribution in [3.05, 3.63) is 33.8 Å². The number of aryl methyl sites for hydroxylation is 1. The third-order valence-electron chi connectivity index (χ3n) is 5.02. The van der Waals surface area contributed by atoms with Gasteiger partial charge in [0.25, 0.3) is 0 Å². The molecule has 2 unspecified atom stereocenters. The molecule has 20 heavy (non-hydrogen) atoms. The average molecular weight is 339 g/mol. The van der Waals surface area contributed by atoms with Crippen molar-refractivity contribution in [3.63, 3.8) is 0 Å². The molecule has 0 aliphatic heterocycles. The lowest BCUT2D eigenvalue weighted by Gasteiger charge is -2.45. The van der Waals surface area contributed by atoms with Crippen molar-refractivity contribution < 1.29 is 0 Å². The fraction of sp³-hybridized carbons (Fsp3) is 0.647. The van der Waals surface area contributed by atoms with E-state index in [0.717, 1.165) is 31.8 Å². The van der Waals surface area contributed by atoms with Gasteiger partial charge in [0.1, 0.15) is 0 Å². The minimum Gasteiger partial charge on any atom is -0.329 e. The quantitative estimate of drug-likeness (QED) is 0.888. The maximum atomic E-state index is 6.19. The summed E-state index contributed by atoms with van der Waals surface area (Å²) in [5.41, 5.74) is 9.30. The molecular formula is C17H27BrN2. The number of nitrogens with zero attached hydrogens (tertiary/aromatic N) is 1. The summed E-state index contributed by atoms with van der Waals surface area (Å²) >= 11 is 3.57. The summed E-state index contributed by atoms with van der Waals surface area (Å²) in [6.45, 7) is 6.48. The molecule has 0 saturated carbocycles. The lowest BCUT2D eigenvalue weighted by atomic mass is 9.76. The molecule has 1 aromatic rings. The Labute approximate surface area is 131 Å². The summed E-state index contributed by atoms with van der Waals surface area (Å²) < 4.78 is 1.18. The van der Waals surface area contributed by atoms with Crippen LogP contribution in [0, 0.1) is 5.92 Å². The second-order valence-corrected chi connectivity index (χ2v) is 7.33. The van der Waals surface area contributed by atoms with Crippen LogP contribution in [0.25, 0.3) is 0 Å². The predicted octanol–water partition coefficient (Wildman–Crippen LogP) is 3.61. The monoisotopic (exact) mass is 338 g/mol. The molecule has 2 nitrogen and oxygen atoms in total. The van der Waals surface area contributed by atoms with Crippen LogP contribution in [-0.2, 0) is 12.8 Å². The molecule has 2 N–H and O–H groups in total. The fourth-order valence-electron chi connectivity index (χ4n) is 3.26. The van der Waals surface area contributed by atoms with Gasteiger partial charge in [0.2, 0.25) is 0 Å². The van der Waals surface area contributed by atoms with E-state index in [0.29, 0.717) is 0 Å². The Morgan fingerprint density at radius 2 is 2.15 bits per heavy atom. The van der Waals surface area contributed by atoms with Crippen molar-refractivity contribution in [2.24, 2.45) is 11.7 Å². The second kappa shape index (κ2) is 6.59. The van der Waals surface area contributed by atoms with Crippen LogP contribution in [0.2, 0.25) is 0 Å². The summed E-state index contributed by atoms with van der Waals surface area (Å²) in [5.74, 6) is 0.731. The van der Waals surface area contributed by atoms with Gasteiger partial charge in [-0.3, -0.25) is 4.90 Å². The molecular weight excluding hydrogens is 312 g/mol. The zero-order chi connectivity index (χ0) is 14.8. The molecule has 1 aliphatic rings. The van der Waals surface area contributed by atoms with Gasteiger partial charge in [0.05, 0.1) is 0 Å². The minimum atomic E-state index is 0.143. The molecule has 0 saturated heterocycles. The number of hydrogen-bond donors (Lipinski definition) is 1. The lowest BCUT2D eigenvalue weighted by Crippen LogP contribution is -2.56. The van der Waals surface area contributed by atoms with Crippen molar-refractivity contribution in [1.82, 2.24) is 4.90 Å². The Balaban J connectivity index is 2.19. The van der Waals surface area contributed by atoms with Crippen LogP contribution in [0.5, 0.6) is 0 Å². The Kier molecular flexibility index (Phi) is 5.27. The molecule has 0 radical (unpaired) electrons.